The third-order valence-corrected chi connectivity index (χ3v) is 8.62. The predicted octanol–water partition coefficient (Wildman–Crippen LogP) is 3.07. The molecule has 1 saturated heterocycles. The molecule has 1 aliphatic heterocycles. The maximum Gasteiger partial charge on any atom is 0.247 e. The van der Waals surface area contributed by atoms with E-state index in [-0.39, 0.29) is 30.8 Å². The number of amides is 2. The highest BCUT2D eigenvalue weighted by molar-refractivity contribution is 7.89. The second-order valence-electron chi connectivity index (χ2n) is 9.30. The molecule has 8 nitrogen and oxygen atoms in total. The molecule has 1 aliphatic carbocycles. The Labute approximate surface area is 197 Å². The molecular weight excluding hydrogens is 442 g/mol. The number of rotatable bonds is 7. The molecule has 1 N–H and O–H groups in total. The lowest BCUT2D eigenvalue weighted by Crippen LogP contribution is -2.71. The Kier molecular flexibility index (Phi) is 8.39. The van der Waals surface area contributed by atoms with E-state index in [4.69, 9.17) is 4.74 Å². The number of anilines is 1. The zero-order chi connectivity index (χ0) is 24.1. The van der Waals surface area contributed by atoms with E-state index in [1.807, 2.05) is 0 Å². The number of hydrogen-bond donors (Lipinski definition) is 1. The Hall–Kier alpha value is -2.13. The van der Waals surface area contributed by atoms with Gasteiger partial charge in [0, 0.05) is 18.3 Å². The molecule has 0 radical (unpaired) electrons. The molecule has 3 rings (SSSR count). The van der Waals surface area contributed by atoms with Crippen LogP contribution in [-0.4, -0.2) is 62.1 Å². The Balaban J connectivity index is 1.94. The summed E-state index contributed by atoms with van der Waals surface area (Å²) in [4.78, 5) is 28.5. The van der Waals surface area contributed by atoms with Crippen molar-refractivity contribution in [3.05, 3.63) is 24.3 Å². The number of ether oxygens (including phenoxy) is 1. The summed E-state index contributed by atoms with van der Waals surface area (Å²) in [6.45, 7) is 3.10. The van der Waals surface area contributed by atoms with Crippen LogP contribution in [0.2, 0.25) is 0 Å². The molecule has 1 unspecified atom stereocenters. The van der Waals surface area contributed by atoms with Crippen molar-refractivity contribution in [2.45, 2.75) is 76.8 Å². The summed E-state index contributed by atoms with van der Waals surface area (Å²) in [6.07, 6.45) is 7.89. The van der Waals surface area contributed by atoms with Crippen LogP contribution in [0.4, 0.5) is 5.69 Å². The lowest BCUT2D eigenvalue weighted by molar-refractivity contribution is -0.133. The Bertz CT molecular complexity index is 926. The average Bonchev–Trinajstić information content (AvgIpc) is 2.75. The minimum atomic E-state index is -3.65. The van der Waals surface area contributed by atoms with Crippen molar-refractivity contribution in [2.75, 3.05) is 30.9 Å². The van der Waals surface area contributed by atoms with Crippen molar-refractivity contribution in [1.29, 1.82) is 0 Å². The van der Waals surface area contributed by atoms with E-state index in [0.717, 1.165) is 38.5 Å². The number of benzene rings is 1. The summed E-state index contributed by atoms with van der Waals surface area (Å²) in [6, 6.07) is 6.96. The Morgan fingerprint density at radius 2 is 1.73 bits per heavy atom. The highest BCUT2D eigenvalue weighted by Gasteiger charge is 2.51. The summed E-state index contributed by atoms with van der Waals surface area (Å²) in [5.74, 6) is -0.144. The van der Waals surface area contributed by atoms with Crippen LogP contribution >= 0.6 is 0 Å². The molecule has 1 aromatic rings. The number of nitrogens with zero attached hydrogens (tertiary/aromatic N) is 2. The molecule has 1 saturated carbocycles. The maximum atomic E-state index is 13.7. The van der Waals surface area contributed by atoms with Gasteiger partial charge in [0.15, 0.2) is 0 Å². The molecule has 33 heavy (non-hydrogen) atoms. The van der Waals surface area contributed by atoms with Crippen LogP contribution in [0.25, 0.3) is 0 Å². The van der Waals surface area contributed by atoms with Gasteiger partial charge >= 0.3 is 0 Å². The molecule has 0 bridgehead atoms. The minimum Gasteiger partial charge on any atom is -0.497 e. The molecule has 2 fully saturated rings. The van der Waals surface area contributed by atoms with E-state index in [9.17, 15) is 18.0 Å². The number of methoxy groups -OCH3 is 1. The zero-order valence-corrected chi connectivity index (χ0v) is 20.8. The van der Waals surface area contributed by atoms with Gasteiger partial charge in [-0.2, -0.15) is 4.31 Å². The SMILES string of the molecule is CCCS(=O)(=O)N1CC(=O)N(c2ccc(OC)cc2)C(C)(C(=O)NC2CCCCCCC2)C1. The van der Waals surface area contributed by atoms with Crippen molar-refractivity contribution in [3.63, 3.8) is 0 Å². The van der Waals surface area contributed by atoms with E-state index in [1.54, 1.807) is 45.2 Å². The fraction of sp³-hybridized carbons (Fsp3) is 0.667. The van der Waals surface area contributed by atoms with Crippen LogP contribution in [0, 0.1) is 0 Å². The van der Waals surface area contributed by atoms with E-state index >= 15 is 0 Å². The van der Waals surface area contributed by atoms with E-state index in [2.05, 4.69) is 5.32 Å². The Morgan fingerprint density at radius 1 is 1.12 bits per heavy atom. The monoisotopic (exact) mass is 479 g/mol. The van der Waals surface area contributed by atoms with E-state index < -0.39 is 21.5 Å². The normalized spacial score (nSPS) is 23.6. The van der Waals surface area contributed by atoms with Gasteiger partial charge in [-0.1, -0.05) is 39.0 Å². The van der Waals surface area contributed by atoms with Crippen LogP contribution < -0.4 is 15.0 Å². The van der Waals surface area contributed by atoms with Crippen molar-refractivity contribution in [3.8, 4) is 5.75 Å². The fourth-order valence-corrected chi connectivity index (χ4v) is 6.35. The second kappa shape index (κ2) is 10.9. The first-order valence-electron chi connectivity index (χ1n) is 12.0. The van der Waals surface area contributed by atoms with Crippen LogP contribution in [-0.2, 0) is 19.6 Å². The van der Waals surface area contributed by atoms with Gasteiger partial charge in [0.1, 0.15) is 11.3 Å². The number of sulfonamides is 1. The van der Waals surface area contributed by atoms with Gasteiger partial charge < -0.3 is 10.1 Å². The third kappa shape index (κ3) is 5.87. The smallest absolute Gasteiger partial charge is 0.247 e. The summed E-state index contributed by atoms with van der Waals surface area (Å²) < 4.78 is 32.1. The van der Waals surface area contributed by atoms with Gasteiger partial charge in [-0.3, -0.25) is 14.5 Å². The van der Waals surface area contributed by atoms with Crippen LogP contribution in [0.5, 0.6) is 5.75 Å². The topological polar surface area (TPSA) is 96.0 Å². The molecule has 2 amide bonds. The number of carbonyl (C=O) groups is 2. The fourth-order valence-electron chi connectivity index (χ4n) is 4.83. The molecule has 0 spiro atoms. The van der Waals surface area contributed by atoms with Gasteiger partial charge in [0.05, 0.1) is 19.4 Å². The molecular formula is C24H37N3O5S. The van der Waals surface area contributed by atoms with Crippen molar-refractivity contribution >= 4 is 27.5 Å². The van der Waals surface area contributed by atoms with Crippen molar-refractivity contribution < 1.29 is 22.7 Å². The van der Waals surface area contributed by atoms with E-state index in [0.29, 0.717) is 17.9 Å². The number of piperazine rings is 1. The first-order valence-corrected chi connectivity index (χ1v) is 13.6. The first-order chi connectivity index (χ1) is 15.7. The maximum absolute atomic E-state index is 13.7. The standard InChI is InChI=1S/C24H37N3O5S/c1-4-16-33(30,31)26-17-22(28)27(20-12-14-21(32-3)15-13-20)24(2,18-26)23(29)25-19-10-8-6-5-7-9-11-19/h12-15,19H,4-11,16-18H2,1-3H3,(H,25,29). The summed E-state index contributed by atoms with van der Waals surface area (Å²) >= 11 is 0. The lowest BCUT2D eigenvalue weighted by atomic mass is 9.92. The minimum absolute atomic E-state index is 0.0325. The van der Waals surface area contributed by atoms with Crippen molar-refractivity contribution in [1.82, 2.24) is 9.62 Å². The van der Waals surface area contributed by atoms with Crippen LogP contribution in [0.15, 0.2) is 24.3 Å². The largest absolute Gasteiger partial charge is 0.497 e. The first kappa shape index (κ1) is 25.5. The molecule has 184 valence electrons. The quantitative estimate of drug-likeness (QED) is 0.648. The van der Waals surface area contributed by atoms with Crippen LogP contribution in [0.1, 0.15) is 65.2 Å². The Morgan fingerprint density at radius 3 is 2.30 bits per heavy atom. The number of hydrogen-bond acceptors (Lipinski definition) is 5. The molecule has 1 atom stereocenters. The van der Waals surface area contributed by atoms with Crippen molar-refractivity contribution in [2.24, 2.45) is 0 Å². The van der Waals surface area contributed by atoms with Gasteiger partial charge in [0.2, 0.25) is 21.8 Å². The van der Waals surface area contributed by atoms with Crippen LogP contribution in [0.3, 0.4) is 0 Å². The lowest BCUT2D eigenvalue weighted by Gasteiger charge is -2.47. The molecule has 0 aromatic heterocycles. The van der Waals surface area contributed by atoms with Gasteiger partial charge in [-0.15, -0.1) is 0 Å². The predicted molar refractivity (Wildman–Crippen MR) is 129 cm³/mol. The molecule has 1 heterocycles. The number of nitrogens with one attached hydrogen (secondary N) is 1. The van der Waals surface area contributed by atoms with Gasteiger partial charge in [-0.05, 0) is 50.5 Å². The zero-order valence-electron chi connectivity index (χ0n) is 20.0. The highest BCUT2D eigenvalue weighted by Crippen LogP contribution is 2.32. The molecule has 9 heteroatoms. The highest BCUT2D eigenvalue weighted by atomic mass is 32.2. The molecule has 2 aliphatic rings. The summed E-state index contributed by atoms with van der Waals surface area (Å²) in [5.41, 5.74) is -0.823. The summed E-state index contributed by atoms with van der Waals surface area (Å²) in [7, 11) is -2.09. The summed E-state index contributed by atoms with van der Waals surface area (Å²) in [5, 5.41) is 3.16. The second-order valence-corrected chi connectivity index (χ2v) is 11.4. The number of carbonyl (C=O) groups excluding carboxylic acids is 2. The molecule has 1 aromatic carbocycles. The van der Waals surface area contributed by atoms with E-state index in [1.165, 1.54) is 15.6 Å². The third-order valence-electron chi connectivity index (χ3n) is 6.65. The average molecular weight is 480 g/mol. The van der Waals surface area contributed by atoms with Gasteiger partial charge in [-0.25, -0.2) is 8.42 Å². The van der Waals surface area contributed by atoms with Gasteiger partial charge in [0.25, 0.3) is 0 Å².